The molecule has 1 aliphatic heterocycles. The number of aromatic nitrogens is 2. The first-order valence-electron chi connectivity index (χ1n) is 16.0. The minimum Gasteiger partial charge on any atom is -0.464 e. The summed E-state index contributed by atoms with van der Waals surface area (Å²) in [5.41, 5.74) is 4.81. The van der Waals surface area contributed by atoms with Gasteiger partial charge in [0.15, 0.2) is 0 Å². The Labute approximate surface area is 269 Å². The van der Waals surface area contributed by atoms with E-state index in [9.17, 15) is 14.4 Å². The molecule has 6 rings (SSSR count). The molecule has 2 aliphatic rings. The first-order chi connectivity index (χ1) is 22.1. The van der Waals surface area contributed by atoms with E-state index >= 15 is 0 Å². The monoisotopic (exact) mass is 625 g/mol. The van der Waals surface area contributed by atoms with E-state index in [0.29, 0.717) is 62.8 Å². The lowest BCUT2D eigenvalue weighted by Crippen LogP contribution is -2.49. The summed E-state index contributed by atoms with van der Waals surface area (Å²) >= 11 is 0. The summed E-state index contributed by atoms with van der Waals surface area (Å²) < 4.78 is 12.7. The fourth-order valence-electron chi connectivity index (χ4n) is 6.34. The Morgan fingerprint density at radius 3 is 2.52 bits per heavy atom. The normalized spacial score (nSPS) is 16.4. The molecule has 0 saturated heterocycles. The number of anilines is 2. The Morgan fingerprint density at radius 2 is 1.78 bits per heavy atom. The number of pyridine rings is 2. The van der Waals surface area contributed by atoms with Crippen LogP contribution in [0.1, 0.15) is 49.1 Å². The van der Waals surface area contributed by atoms with Crippen molar-refractivity contribution in [3.8, 4) is 0 Å². The van der Waals surface area contributed by atoms with Gasteiger partial charge < -0.3 is 23.5 Å². The molecule has 0 unspecified atom stereocenters. The van der Waals surface area contributed by atoms with Crippen LogP contribution >= 0.6 is 0 Å². The molecular formula is C36H43N5O5. The number of methoxy groups -OCH3 is 1. The summed E-state index contributed by atoms with van der Waals surface area (Å²) in [5.74, 6) is 0.0697. The third-order valence-electron chi connectivity index (χ3n) is 9.28. The average molecular weight is 626 g/mol. The number of aryl methyl sites for hydroxylation is 2. The zero-order chi connectivity index (χ0) is 32.6. The van der Waals surface area contributed by atoms with Gasteiger partial charge in [0.05, 0.1) is 29.6 Å². The standard InChI is InChI=1S/C36H43N5O5/c1-24-20-39(33(42)29-12-17-46-32(24)29)15-14-38(23-28-7-6-13-37-25(28)2)21-27-10-11-30-31(19-27)40(16-18-45-5)34(43)36(3,4)35(44)41(30)22-26-8-9-26/h6-7,10-13,17,19-20,26H,8-9,14-16,18,21-23H2,1-5H3. The van der Waals surface area contributed by atoms with Gasteiger partial charge in [-0.15, -0.1) is 0 Å². The van der Waals surface area contributed by atoms with Crippen molar-refractivity contribution in [3.05, 3.63) is 87.8 Å². The van der Waals surface area contributed by atoms with E-state index in [1.165, 1.54) is 0 Å². The second-order valence-electron chi connectivity index (χ2n) is 13.2. The van der Waals surface area contributed by atoms with Gasteiger partial charge in [-0.2, -0.15) is 0 Å². The third-order valence-corrected chi connectivity index (χ3v) is 9.28. The van der Waals surface area contributed by atoms with Crippen molar-refractivity contribution in [2.45, 2.75) is 60.2 Å². The highest BCUT2D eigenvalue weighted by atomic mass is 16.5. The van der Waals surface area contributed by atoms with E-state index in [2.05, 4.69) is 28.1 Å². The number of ether oxygens (including phenoxy) is 1. The molecule has 10 heteroatoms. The lowest BCUT2D eigenvalue weighted by molar-refractivity contribution is -0.137. The molecule has 10 nitrogen and oxygen atoms in total. The lowest BCUT2D eigenvalue weighted by atomic mass is 9.90. The quantitative estimate of drug-likeness (QED) is 0.203. The highest BCUT2D eigenvalue weighted by Crippen LogP contribution is 2.42. The first kappa shape index (κ1) is 31.7. The molecule has 242 valence electrons. The Balaban J connectivity index is 1.35. The number of amides is 2. The van der Waals surface area contributed by atoms with Gasteiger partial charge in [-0.05, 0) is 81.8 Å². The van der Waals surface area contributed by atoms with Crippen LogP contribution in [0.15, 0.2) is 64.3 Å². The van der Waals surface area contributed by atoms with Gasteiger partial charge in [-0.25, -0.2) is 0 Å². The summed E-state index contributed by atoms with van der Waals surface area (Å²) in [4.78, 5) is 51.4. The van der Waals surface area contributed by atoms with Crippen molar-refractivity contribution in [1.82, 2.24) is 14.5 Å². The molecule has 0 bridgehead atoms. The van der Waals surface area contributed by atoms with Crippen LogP contribution in [-0.2, 0) is 34.0 Å². The molecule has 0 spiro atoms. The van der Waals surface area contributed by atoms with Gasteiger partial charge >= 0.3 is 0 Å². The summed E-state index contributed by atoms with van der Waals surface area (Å²) in [6.07, 6.45) is 7.40. The number of carbonyl (C=O) groups is 2. The van der Waals surface area contributed by atoms with Gasteiger partial charge in [0.25, 0.3) is 5.56 Å². The molecule has 1 aliphatic carbocycles. The van der Waals surface area contributed by atoms with Gasteiger partial charge in [-0.1, -0.05) is 12.1 Å². The number of rotatable bonds is 12. The first-order valence-corrected chi connectivity index (χ1v) is 16.0. The maximum Gasteiger partial charge on any atom is 0.261 e. The van der Waals surface area contributed by atoms with Crippen molar-refractivity contribution >= 4 is 34.2 Å². The topological polar surface area (TPSA) is 101 Å². The van der Waals surface area contributed by atoms with E-state index in [4.69, 9.17) is 9.15 Å². The van der Waals surface area contributed by atoms with Crippen molar-refractivity contribution in [2.24, 2.45) is 11.3 Å². The molecule has 1 fully saturated rings. The van der Waals surface area contributed by atoms with E-state index in [1.54, 1.807) is 49.0 Å². The molecule has 4 heterocycles. The predicted molar refractivity (Wildman–Crippen MR) is 178 cm³/mol. The molecule has 0 atom stereocenters. The minimum absolute atomic E-state index is 0.0766. The van der Waals surface area contributed by atoms with E-state index in [-0.39, 0.29) is 17.4 Å². The number of nitrogens with zero attached hydrogens (tertiary/aromatic N) is 5. The molecule has 2 amide bonds. The van der Waals surface area contributed by atoms with E-state index in [1.807, 2.05) is 37.1 Å². The van der Waals surface area contributed by atoms with E-state index in [0.717, 1.165) is 46.6 Å². The highest BCUT2D eigenvalue weighted by Gasteiger charge is 2.47. The summed E-state index contributed by atoms with van der Waals surface area (Å²) in [7, 11) is 1.62. The van der Waals surface area contributed by atoms with Crippen molar-refractivity contribution < 1.29 is 18.7 Å². The minimum atomic E-state index is -1.20. The maximum atomic E-state index is 14.0. The van der Waals surface area contributed by atoms with Crippen LogP contribution < -0.4 is 15.4 Å². The number of furan rings is 1. The average Bonchev–Trinajstić information content (AvgIpc) is 3.73. The maximum absolute atomic E-state index is 14.0. The molecule has 1 saturated carbocycles. The van der Waals surface area contributed by atoms with Crippen molar-refractivity contribution in [3.63, 3.8) is 0 Å². The number of fused-ring (bicyclic) bond motifs is 2. The van der Waals surface area contributed by atoms with Gasteiger partial charge in [-0.3, -0.25) is 24.3 Å². The Bertz CT molecular complexity index is 1820. The zero-order valence-corrected chi connectivity index (χ0v) is 27.4. The summed E-state index contributed by atoms with van der Waals surface area (Å²) in [6, 6.07) is 11.8. The zero-order valence-electron chi connectivity index (χ0n) is 27.4. The van der Waals surface area contributed by atoms with Crippen molar-refractivity contribution in [1.29, 1.82) is 0 Å². The van der Waals surface area contributed by atoms with Gasteiger partial charge in [0.1, 0.15) is 11.0 Å². The van der Waals surface area contributed by atoms with Crippen LogP contribution in [0.25, 0.3) is 11.0 Å². The largest absolute Gasteiger partial charge is 0.464 e. The third kappa shape index (κ3) is 6.24. The van der Waals surface area contributed by atoms with Crippen molar-refractivity contribution in [2.75, 3.05) is 43.2 Å². The SMILES string of the molecule is COCCN1C(=O)C(C)(C)C(=O)N(CC2CC2)c2ccc(CN(CCn3cc(C)c4occc4c3=O)Cc3cccnc3C)cc21. The Kier molecular flexibility index (Phi) is 8.85. The number of hydrogen-bond acceptors (Lipinski definition) is 7. The summed E-state index contributed by atoms with van der Waals surface area (Å²) in [6.45, 7) is 11.0. The second kappa shape index (κ2) is 12.8. The Morgan fingerprint density at radius 1 is 1.00 bits per heavy atom. The molecule has 46 heavy (non-hydrogen) atoms. The molecule has 3 aromatic heterocycles. The van der Waals surface area contributed by atoms with E-state index < -0.39 is 5.41 Å². The molecule has 0 radical (unpaired) electrons. The molecule has 4 aromatic rings. The number of hydrogen-bond donors (Lipinski definition) is 0. The molecule has 1 aromatic carbocycles. The summed E-state index contributed by atoms with van der Waals surface area (Å²) in [5, 5.41) is 0.578. The van der Waals surface area contributed by atoms with Crippen LogP contribution in [0, 0.1) is 25.2 Å². The predicted octanol–water partition coefficient (Wildman–Crippen LogP) is 5.07. The van der Waals surface area contributed by atoms with Crippen LogP contribution in [0.2, 0.25) is 0 Å². The van der Waals surface area contributed by atoms with Crippen LogP contribution in [0.4, 0.5) is 11.4 Å². The Hall–Kier alpha value is -4.28. The van der Waals surface area contributed by atoms with Crippen LogP contribution in [0.5, 0.6) is 0 Å². The van der Waals surface area contributed by atoms with Crippen LogP contribution in [-0.4, -0.2) is 59.6 Å². The van der Waals surface area contributed by atoms with Crippen LogP contribution in [0.3, 0.4) is 0 Å². The molecular weight excluding hydrogens is 582 g/mol. The highest BCUT2D eigenvalue weighted by molar-refractivity contribution is 6.20. The fourth-order valence-corrected chi connectivity index (χ4v) is 6.34. The number of carbonyl (C=O) groups excluding carboxylic acids is 2. The fraction of sp³-hybridized carbons (Fsp3) is 0.444. The lowest BCUT2D eigenvalue weighted by Gasteiger charge is -2.28. The number of benzene rings is 1. The smallest absolute Gasteiger partial charge is 0.261 e. The van der Waals surface area contributed by atoms with Gasteiger partial charge in [0.2, 0.25) is 11.8 Å². The second-order valence-corrected chi connectivity index (χ2v) is 13.2. The molecule has 0 N–H and O–H groups in total. The van der Waals surface area contributed by atoms with Gasteiger partial charge in [0, 0.05) is 70.0 Å².